The van der Waals surface area contributed by atoms with Gasteiger partial charge in [0.1, 0.15) is 5.39 Å². The van der Waals surface area contributed by atoms with Gasteiger partial charge >= 0.3 is 5.69 Å². The van der Waals surface area contributed by atoms with Gasteiger partial charge in [-0.15, -0.1) is 0 Å². The van der Waals surface area contributed by atoms with Gasteiger partial charge in [-0.25, -0.2) is 9.78 Å². The molecule has 0 aromatic carbocycles. The smallest absolute Gasteiger partial charge is 0.332 e. The van der Waals surface area contributed by atoms with E-state index in [0.29, 0.717) is 16.7 Å². The second kappa shape index (κ2) is 6.67. The van der Waals surface area contributed by atoms with Crippen molar-refractivity contribution in [3.05, 3.63) is 44.8 Å². The summed E-state index contributed by atoms with van der Waals surface area (Å²) in [5, 5.41) is 3.56. The molecule has 0 aliphatic carbocycles. The zero-order valence-corrected chi connectivity index (χ0v) is 15.4. The van der Waals surface area contributed by atoms with Gasteiger partial charge in [0, 0.05) is 34.5 Å². The third kappa shape index (κ3) is 2.83. The predicted octanol–water partition coefficient (Wildman–Crippen LogP) is 0.254. The maximum atomic E-state index is 12.7. The lowest BCUT2D eigenvalue weighted by molar-refractivity contribution is -0.234. The van der Waals surface area contributed by atoms with Crippen LogP contribution in [0.5, 0.6) is 0 Å². The minimum Gasteiger partial charge on any atom is -0.378 e. The first-order valence-corrected chi connectivity index (χ1v) is 8.08. The first-order valence-electron chi connectivity index (χ1n) is 8.08. The van der Waals surface area contributed by atoms with Crippen molar-refractivity contribution in [2.75, 3.05) is 26.1 Å². The van der Waals surface area contributed by atoms with Crippen LogP contribution in [0.25, 0.3) is 11.0 Å². The fourth-order valence-electron chi connectivity index (χ4n) is 2.98. The summed E-state index contributed by atoms with van der Waals surface area (Å²) in [4.78, 5) is 29.1. The molecule has 9 heteroatoms. The minimum atomic E-state index is -1.02. The molecule has 0 spiro atoms. The van der Waals surface area contributed by atoms with E-state index in [1.54, 1.807) is 32.5 Å². The Morgan fingerprint density at radius 1 is 1.31 bits per heavy atom. The summed E-state index contributed by atoms with van der Waals surface area (Å²) in [6.45, 7) is 2.08. The number of rotatable bonds is 5. The number of nitrogens with zero attached hydrogens (tertiary/aromatic N) is 3. The third-order valence-electron chi connectivity index (χ3n) is 4.57. The first kappa shape index (κ1) is 18.3. The molecule has 9 nitrogen and oxygen atoms in total. The summed E-state index contributed by atoms with van der Waals surface area (Å²) >= 11 is 0. The van der Waals surface area contributed by atoms with Crippen molar-refractivity contribution in [3.63, 3.8) is 0 Å². The van der Waals surface area contributed by atoms with Crippen molar-refractivity contribution >= 4 is 16.7 Å². The van der Waals surface area contributed by atoms with Crippen molar-refractivity contribution in [1.82, 2.24) is 14.1 Å². The van der Waals surface area contributed by atoms with Crippen LogP contribution in [0.4, 0.5) is 5.69 Å². The molecule has 0 bridgehead atoms. The Labute approximate surface area is 149 Å². The topological polar surface area (TPSA) is 96.6 Å². The van der Waals surface area contributed by atoms with Crippen LogP contribution in [0.15, 0.2) is 27.9 Å². The Kier molecular flexibility index (Phi) is 4.70. The van der Waals surface area contributed by atoms with Gasteiger partial charge in [0.25, 0.3) is 5.56 Å². The number of fused-ring (bicyclic) bond motifs is 1. The Morgan fingerprint density at radius 3 is 2.65 bits per heavy atom. The summed E-state index contributed by atoms with van der Waals surface area (Å²) in [7, 11) is 6.10. The highest BCUT2D eigenvalue weighted by Crippen LogP contribution is 2.27. The average Bonchev–Trinajstić information content (AvgIpc) is 3.07. The molecule has 3 rings (SSSR count). The number of hydrogen-bond donors (Lipinski definition) is 1. The minimum absolute atomic E-state index is 0.242. The van der Waals surface area contributed by atoms with Crippen molar-refractivity contribution < 1.29 is 14.2 Å². The van der Waals surface area contributed by atoms with E-state index in [9.17, 15) is 9.59 Å². The molecule has 0 saturated carbocycles. The summed E-state index contributed by atoms with van der Waals surface area (Å²) < 4.78 is 18.8. The molecule has 2 unspecified atom stereocenters. The van der Waals surface area contributed by atoms with Gasteiger partial charge in [0.2, 0.25) is 5.79 Å². The monoisotopic (exact) mass is 362 g/mol. The van der Waals surface area contributed by atoms with Crippen molar-refractivity contribution in [3.8, 4) is 0 Å². The SMILES string of the molecule is COC1C=CC(CNc2c(C)cnc3c2c(=O)n(C)c(=O)n3C)(OC)O1. The second-order valence-corrected chi connectivity index (χ2v) is 6.17. The van der Waals surface area contributed by atoms with E-state index in [1.807, 2.05) is 6.92 Å². The number of methoxy groups -OCH3 is 2. The molecule has 2 aromatic rings. The second-order valence-electron chi connectivity index (χ2n) is 6.17. The van der Waals surface area contributed by atoms with Crippen molar-refractivity contribution in [2.24, 2.45) is 14.1 Å². The number of ether oxygens (including phenoxy) is 3. The number of anilines is 1. The maximum Gasteiger partial charge on any atom is 0.332 e. The molecule has 1 aliphatic rings. The van der Waals surface area contributed by atoms with Gasteiger partial charge in [0.15, 0.2) is 11.9 Å². The standard InChI is InChI=1S/C17H22N4O5/c1-10-8-18-14-12(15(22)21(3)16(23)20(14)2)13(10)19-9-17(25-5)7-6-11(24-4)26-17/h6-8,11H,9H2,1-5H3,(H,18,19). The molecule has 0 amide bonds. The molecule has 0 saturated heterocycles. The molecular weight excluding hydrogens is 340 g/mol. The highest BCUT2D eigenvalue weighted by atomic mass is 16.8. The van der Waals surface area contributed by atoms with E-state index in [-0.39, 0.29) is 6.54 Å². The zero-order valence-electron chi connectivity index (χ0n) is 15.4. The van der Waals surface area contributed by atoms with Gasteiger partial charge in [0.05, 0.1) is 12.2 Å². The van der Waals surface area contributed by atoms with Crippen LogP contribution < -0.4 is 16.6 Å². The fourth-order valence-corrected chi connectivity index (χ4v) is 2.98. The molecule has 0 radical (unpaired) electrons. The average molecular weight is 362 g/mol. The van der Waals surface area contributed by atoms with Crippen molar-refractivity contribution in [1.29, 1.82) is 0 Å². The van der Waals surface area contributed by atoms with E-state index in [1.165, 1.54) is 18.7 Å². The van der Waals surface area contributed by atoms with Gasteiger partial charge < -0.3 is 19.5 Å². The predicted molar refractivity (Wildman–Crippen MR) is 96.2 cm³/mol. The summed E-state index contributed by atoms with van der Waals surface area (Å²) in [5.74, 6) is -1.02. The lowest BCUT2D eigenvalue weighted by Gasteiger charge is -2.28. The number of nitrogens with one attached hydrogen (secondary N) is 1. The highest BCUT2D eigenvalue weighted by molar-refractivity contribution is 5.90. The Bertz CT molecular complexity index is 993. The fraction of sp³-hybridized carbons (Fsp3) is 0.471. The lowest BCUT2D eigenvalue weighted by atomic mass is 10.1. The maximum absolute atomic E-state index is 12.7. The molecule has 2 atom stereocenters. The van der Waals surface area contributed by atoms with Gasteiger partial charge in [-0.3, -0.25) is 13.9 Å². The van der Waals surface area contributed by atoms with Crippen molar-refractivity contribution in [2.45, 2.75) is 19.0 Å². The van der Waals surface area contributed by atoms with Crippen LogP contribution in [-0.4, -0.2) is 47.0 Å². The van der Waals surface area contributed by atoms with Gasteiger partial charge in [-0.1, -0.05) is 0 Å². The molecular formula is C17H22N4O5. The van der Waals surface area contributed by atoms with Gasteiger partial charge in [-0.2, -0.15) is 0 Å². The highest BCUT2D eigenvalue weighted by Gasteiger charge is 2.36. The van der Waals surface area contributed by atoms with E-state index < -0.39 is 23.3 Å². The van der Waals surface area contributed by atoms with E-state index in [2.05, 4.69) is 10.3 Å². The lowest BCUT2D eigenvalue weighted by Crippen LogP contribution is -2.40. The van der Waals surface area contributed by atoms with E-state index >= 15 is 0 Å². The Morgan fingerprint density at radius 2 is 2.04 bits per heavy atom. The Hall–Kier alpha value is -2.49. The first-order chi connectivity index (χ1) is 12.3. The number of aromatic nitrogens is 3. The number of aryl methyl sites for hydroxylation is 2. The number of pyridine rings is 1. The summed E-state index contributed by atoms with van der Waals surface area (Å²) in [5.41, 5.74) is 0.828. The zero-order chi connectivity index (χ0) is 19.1. The van der Waals surface area contributed by atoms with Crippen LogP contribution in [-0.2, 0) is 28.3 Å². The molecule has 140 valence electrons. The van der Waals surface area contributed by atoms with E-state index in [0.717, 1.165) is 10.1 Å². The molecule has 1 aliphatic heterocycles. The van der Waals surface area contributed by atoms with Crippen LogP contribution >= 0.6 is 0 Å². The van der Waals surface area contributed by atoms with Crippen LogP contribution in [0, 0.1) is 6.92 Å². The molecule has 3 heterocycles. The molecule has 26 heavy (non-hydrogen) atoms. The molecule has 2 aromatic heterocycles. The van der Waals surface area contributed by atoms with E-state index in [4.69, 9.17) is 14.2 Å². The molecule has 1 N–H and O–H groups in total. The van der Waals surface area contributed by atoms with Crippen LogP contribution in [0.2, 0.25) is 0 Å². The summed E-state index contributed by atoms with van der Waals surface area (Å²) in [6, 6.07) is 0. The quantitative estimate of drug-likeness (QED) is 0.762. The molecule has 0 fully saturated rings. The number of hydrogen-bond acceptors (Lipinski definition) is 7. The normalized spacial score (nSPS) is 22.3. The van der Waals surface area contributed by atoms with Crippen LogP contribution in [0.1, 0.15) is 5.56 Å². The Balaban J connectivity index is 2.06. The van der Waals surface area contributed by atoms with Gasteiger partial charge in [-0.05, 0) is 24.6 Å². The van der Waals surface area contributed by atoms with Crippen LogP contribution in [0.3, 0.4) is 0 Å². The largest absolute Gasteiger partial charge is 0.378 e. The summed E-state index contributed by atoms with van der Waals surface area (Å²) in [6.07, 6.45) is 4.64. The third-order valence-corrected chi connectivity index (χ3v) is 4.57.